The summed E-state index contributed by atoms with van der Waals surface area (Å²) >= 11 is 1.68. The number of ether oxygens (including phenoxy) is 1. The van der Waals surface area contributed by atoms with Crippen LogP contribution in [0.2, 0.25) is 0 Å². The number of thiophene rings is 1. The molecule has 0 fully saturated rings. The highest BCUT2D eigenvalue weighted by Gasteiger charge is 2.20. The van der Waals surface area contributed by atoms with Crippen LogP contribution in [0.5, 0.6) is 0 Å². The summed E-state index contributed by atoms with van der Waals surface area (Å²) in [4.78, 5) is 15.4. The molecule has 1 amide bonds. The van der Waals surface area contributed by atoms with Gasteiger partial charge in [0.05, 0.1) is 13.2 Å². The van der Waals surface area contributed by atoms with E-state index in [1.54, 1.807) is 18.4 Å². The number of methoxy groups -OCH3 is 1. The van der Waals surface area contributed by atoms with Crippen molar-refractivity contribution in [3.8, 4) is 0 Å². The zero-order valence-electron chi connectivity index (χ0n) is 11.3. The van der Waals surface area contributed by atoms with Gasteiger partial charge < -0.3 is 15.0 Å². The number of rotatable bonds is 8. The maximum atomic E-state index is 12.3. The van der Waals surface area contributed by atoms with E-state index in [9.17, 15) is 4.79 Å². The summed E-state index contributed by atoms with van der Waals surface area (Å²) in [5, 5.41) is 5.08. The summed E-state index contributed by atoms with van der Waals surface area (Å²) in [6.45, 7) is 4.54. The Morgan fingerprint density at radius 3 is 2.94 bits per heavy atom. The molecule has 0 aliphatic heterocycles. The van der Waals surface area contributed by atoms with E-state index >= 15 is 0 Å². The molecule has 0 bridgehead atoms. The second-order valence-electron chi connectivity index (χ2n) is 4.29. The van der Waals surface area contributed by atoms with E-state index < -0.39 is 0 Å². The molecule has 0 radical (unpaired) electrons. The van der Waals surface area contributed by atoms with Gasteiger partial charge in [-0.15, -0.1) is 11.3 Å². The molecule has 1 rings (SSSR count). The molecule has 0 saturated heterocycles. The Morgan fingerprint density at radius 1 is 1.61 bits per heavy atom. The lowest BCUT2D eigenvalue weighted by Gasteiger charge is -2.25. The molecule has 18 heavy (non-hydrogen) atoms. The van der Waals surface area contributed by atoms with Crippen molar-refractivity contribution in [2.75, 3.05) is 33.9 Å². The largest absolute Gasteiger partial charge is 0.383 e. The maximum absolute atomic E-state index is 12.3. The quantitative estimate of drug-likeness (QED) is 0.780. The van der Waals surface area contributed by atoms with Gasteiger partial charge in [-0.3, -0.25) is 4.79 Å². The third kappa shape index (κ3) is 4.76. The fourth-order valence-corrected chi connectivity index (χ4v) is 2.48. The van der Waals surface area contributed by atoms with Crippen molar-refractivity contribution >= 4 is 17.2 Å². The molecule has 1 aromatic rings. The molecule has 0 aliphatic rings. The molecule has 1 aromatic heterocycles. The average molecular weight is 270 g/mol. The maximum Gasteiger partial charge on any atom is 0.227 e. The molecule has 1 unspecified atom stereocenters. The standard InChI is InChI=1S/C13H22N2O2S/c1-11(9-14-2)13(16)15(6-7-17-3)10-12-5-4-8-18-12/h4-5,8,11,14H,6-7,9-10H2,1-3H3. The van der Waals surface area contributed by atoms with E-state index in [4.69, 9.17) is 4.74 Å². The molecule has 1 heterocycles. The Kier molecular flexibility index (Phi) is 6.93. The second kappa shape index (κ2) is 8.24. The molecule has 0 spiro atoms. The summed E-state index contributed by atoms with van der Waals surface area (Å²) < 4.78 is 5.08. The van der Waals surface area contributed by atoms with Crippen molar-refractivity contribution in [3.63, 3.8) is 0 Å². The Morgan fingerprint density at radius 2 is 2.39 bits per heavy atom. The van der Waals surface area contributed by atoms with Gasteiger partial charge in [-0.1, -0.05) is 13.0 Å². The number of hydrogen-bond donors (Lipinski definition) is 1. The van der Waals surface area contributed by atoms with Crippen LogP contribution in [0.15, 0.2) is 17.5 Å². The molecule has 5 heteroatoms. The number of carbonyl (C=O) groups excluding carboxylic acids is 1. The molecule has 0 saturated carbocycles. The zero-order chi connectivity index (χ0) is 13.4. The molecule has 1 N–H and O–H groups in total. The van der Waals surface area contributed by atoms with E-state index in [1.165, 1.54) is 4.88 Å². The molecule has 102 valence electrons. The predicted octanol–water partition coefficient (Wildman–Crippen LogP) is 1.58. The third-order valence-electron chi connectivity index (χ3n) is 2.74. The second-order valence-corrected chi connectivity index (χ2v) is 5.32. The summed E-state index contributed by atoms with van der Waals surface area (Å²) in [6.07, 6.45) is 0. The van der Waals surface area contributed by atoms with Crippen LogP contribution in [0.4, 0.5) is 0 Å². The van der Waals surface area contributed by atoms with Crippen LogP contribution in [0.3, 0.4) is 0 Å². The van der Waals surface area contributed by atoms with E-state index in [0.717, 1.165) is 0 Å². The Hall–Kier alpha value is -0.910. The monoisotopic (exact) mass is 270 g/mol. The van der Waals surface area contributed by atoms with Crippen molar-refractivity contribution in [1.82, 2.24) is 10.2 Å². The fraction of sp³-hybridized carbons (Fsp3) is 0.615. The first kappa shape index (κ1) is 15.1. The van der Waals surface area contributed by atoms with Crippen LogP contribution in [0.25, 0.3) is 0 Å². The lowest BCUT2D eigenvalue weighted by molar-refractivity contribution is -0.136. The average Bonchev–Trinajstić information content (AvgIpc) is 2.86. The Bertz CT molecular complexity index is 341. The van der Waals surface area contributed by atoms with Gasteiger partial charge in [0.15, 0.2) is 0 Å². The van der Waals surface area contributed by atoms with Gasteiger partial charge in [-0.2, -0.15) is 0 Å². The van der Waals surface area contributed by atoms with Crippen LogP contribution in [-0.2, 0) is 16.1 Å². The Balaban J connectivity index is 2.61. The smallest absolute Gasteiger partial charge is 0.227 e. The van der Waals surface area contributed by atoms with Gasteiger partial charge in [-0.05, 0) is 18.5 Å². The minimum absolute atomic E-state index is 0.00758. The normalized spacial score (nSPS) is 12.4. The molecular weight excluding hydrogens is 248 g/mol. The van der Waals surface area contributed by atoms with Gasteiger partial charge in [0.2, 0.25) is 5.91 Å². The Labute approximate surface area is 113 Å². The number of nitrogens with zero attached hydrogens (tertiary/aromatic N) is 1. The highest BCUT2D eigenvalue weighted by molar-refractivity contribution is 7.09. The van der Waals surface area contributed by atoms with Gasteiger partial charge >= 0.3 is 0 Å². The van der Waals surface area contributed by atoms with E-state index in [1.807, 2.05) is 30.3 Å². The van der Waals surface area contributed by atoms with Crippen LogP contribution < -0.4 is 5.32 Å². The first-order valence-corrected chi connectivity index (χ1v) is 7.01. The third-order valence-corrected chi connectivity index (χ3v) is 3.60. The van der Waals surface area contributed by atoms with E-state index in [2.05, 4.69) is 11.4 Å². The van der Waals surface area contributed by atoms with Crippen molar-refractivity contribution in [1.29, 1.82) is 0 Å². The highest BCUT2D eigenvalue weighted by atomic mass is 32.1. The minimum Gasteiger partial charge on any atom is -0.383 e. The van der Waals surface area contributed by atoms with Gasteiger partial charge in [0, 0.05) is 31.0 Å². The number of nitrogens with one attached hydrogen (secondary N) is 1. The van der Waals surface area contributed by atoms with Gasteiger partial charge in [-0.25, -0.2) is 0 Å². The summed E-state index contributed by atoms with van der Waals surface area (Å²) in [5.41, 5.74) is 0. The number of hydrogen-bond acceptors (Lipinski definition) is 4. The molecule has 1 atom stereocenters. The lowest BCUT2D eigenvalue weighted by Crippen LogP contribution is -2.39. The molecule has 0 aromatic carbocycles. The van der Waals surface area contributed by atoms with Crippen LogP contribution in [-0.4, -0.2) is 44.7 Å². The number of carbonyl (C=O) groups is 1. The van der Waals surface area contributed by atoms with E-state index in [-0.39, 0.29) is 11.8 Å². The zero-order valence-corrected chi connectivity index (χ0v) is 12.1. The summed E-state index contributed by atoms with van der Waals surface area (Å²) in [7, 11) is 3.52. The van der Waals surface area contributed by atoms with Crippen LogP contribution in [0, 0.1) is 5.92 Å². The molecule has 4 nitrogen and oxygen atoms in total. The molecular formula is C13H22N2O2S. The minimum atomic E-state index is -0.00758. The van der Waals surface area contributed by atoms with Gasteiger partial charge in [0.1, 0.15) is 0 Å². The fourth-order valence-electron chi connectivity index (χ4n) is 1.76. The van der Waals surface area contributed by atoms with Crippen LogP contribution in [0.1, 0.15) is 11.8 Å². The van der Waals surface area contributed by atoms with Crippen molar-refractivity contribution < 1.29 is 9.53 Å². The summed E-state index contributed by atoms with van der Waals surface area (Å²) in [5.74, 6) is 0.168. The predicted molar refractivity (Wildman–Crippen MR) is 74.7 cm³/mol. The van der Waals surface area contributed by atoms with E-state index in [0.29, 0.717) is 26.2 Å². The molecule has 0 aliphatic carbocycles. The topological polar surface area (TPSA) is 41.6 Å². The van der Waals surface area contributed by atoms with Crippen molar-refractivity contribution in [2.45, 2.75) is 13.5 Å². The first-order valence-electron chi connectivity index (χ1n) is 6.13. The van der Waals surface area contributed by atoms with Crippen molar-refractivity contribution in [3.05, 3.63) is 22.4 Å². The van der Waals surface area contributed by atoms with Gasteiger partial charge in [0.25, 0.3) is 0 Å². The highest BCUT2D eigenvalue weighted by Crippen LogP contribution is 2.13. The lowest BCUT2D eigenvalue weighted by atomic mass is 10.1. The number of amides is 1. The SMILES string of the molecule is CNCC(C)C(=O)N(CCOC)Cc1cccs1. The summed E-state index contributed by atoms with van der Waals surface area (Å²) in [6, 6.07) is 4.07. The van der Waals surface area contributed by atoms with Crippen molar-refractivity contribution in [2.24, 2.45) is 5.92 Å². The van der Waals surface area contributed by atoms with Crippen LogP contribution >= 0.6 is 11.3 Å². The first-order chi connectivity index (χ1) is 8.69.